The molecule has 0 bridgehead atoms. The Labute approximate surface area is 163 Å². The van der Waals surface area contributed by atoms with Crippen LogP contribution in [0.1, 0.15) is 37.6 Å². The maximum absolute atomic E-state index is 12.3. The zero-order valence-electron chi connectivity index (χ0n) is 16.1. The summed E-state index contributed by atoms with van der Waals surface area (Å²) in [6, 6.07) is 3.30. The molecule has 156 valence electrons. The highest BCUT2D eigenvalue weighted by atomic mass is 28.4. The SMILES string of the molecule is CCO[Si](CCCNC(=O)c1cc([N+](=O)[O-])cc([N+](=O)[O-])c1)(OCC)OCC. The number of hydrogen-bond donors (Lipinski definition) is 1. The molecule has 0 heterocycles. The van der Waals surface area contributed by atoms with Crippen molar-refractivity contribution < 1.29 is 27.9 Å². The summed E-state index contributed by atoms with van der Waals surface area (Å²) < 4.78 is 17.2. The topological polar surface area (TPSA) is 143 Å². The molecule has 0 aromatic heterocycles. The van der Waals surface area contributed by atoms with Gasteiger partial charge in [-0.25, -0.2) is 0 Å². The van der Waals surface area contributed by atoms with E-state index in [-0.39, 0.29) is 12.1 Å². The highest BCUT2D eigenvalue weighted by Crippen LogP contribution is 2.23. The molecule has 0 radical (unpaired) electrons. The number of hydrogen-bond acceptors (Lipinski definition) is 8. The maximum Gasteiger partial charge on any atom is 0.500 e. The first kappa shape index (κ1) is 23.6. The average Bonchev–Trinajstić information content (AvgIpc) is 2.65. The molecule has 0 aliphatic rings. The third-order valence-electron chi connectivity index (χ3n) is 3.62. The number of amides is 1. The average molecular weight is 415 g/mol. The standard InChI is InChI=1S/C16H25N3O8Si/c1-4-25-28(26-5-2,27-6-3)9-7-8-17-16(20)13-10-14(18(21)22)12-15(11-13)19(23)24/h10-12H,4-9H2,1-3H3,(H,17,20). The van der Waals surface area contributed by atoms with Gasteiger partial charge in [0.1, 0.15) is 0 Å². The second-order valence-corrected chi connectivity index (χ2v) is 8.33. The van der Waals surface area contributed by atoms with Crippen molar-refractivity contribution in [3.63, 3.8) is 0 Å². The molecule has 0 saturated heterocycles. The van der Waals surface area contributed by atoms with Gasteiger partial charge in [0.2, 0.25) is 0 Å². The van der Waals surface area contributed by atoms with E-state index in [1.165, 1.54) is 0 Å². The smallest absolute Gasteiger partial charge is 0.374 e. The van der Waals surface area contributed by atoms with Crippen LogP contribution in [0.15, 0.2) is 18.2 Å². The Hall–Kier alpha value is -2.41. The Morgan fingerprint density at radius 1 is 0.964 bits per heavy atom. The minimum atomic E-state index is -2.82. The van der Waals surface area contributed by atoms with Crippen molar-refractivity contribution in [1.29, 1.82) is 0 Å². The van der Waals surface area contributed by atoms with E-state index in [1.807, 2.05) is 20.8 Å². The van der Waals surface area contributed by atoms with Crippen LogP contribution in [0.3, 0.4) is 0 Å². The van der Waals surface area contributed by atoms with Gasteiger partial charge < -0.3 is 18.6 Å². The molecular weight excluding hydrogens is 390 g/mol. The van der Waals surface area contributed by atoms with Gasteiger partial charge in [-0.3, -0.25) is 25.0 Å². The largest absolute Gasteiger partial charge is 0.500 e. The molecule has 28 heavy (non-hydrogen) atoms. The lowest BCUT2D eigenvalue weighted by atomic mass is 10.1. The van der Waals surface area contributed by atoms with Gasteiger partial charge in [0.05, 0.1) is 21.5 Å². The molecule has 0 unspecified atom stereocenters. The molecule has 1 amide bonds. The van der Waals surface area contributed by atoms with E-state index in [2.05, 4.69) is 5.32 Å². The molecule has 0 fully saturated rings. The molecule has 0 aliphatic carbocycles. The Balaban J connectivity index is 2.76. The highest BCUT2D eigenvalue weighted by molar-refractivity contribution is 6.60. The summed E-state index contributed by atoms with van der Waals surface area (Å²) >= 11 is 0. The Bertz CT molecular complexity index is 651. The van der Waals surface area contributed by atoms with E-state index in [4.69, 9.17) is 13.3 Å². The molecule has 0 saturated carbocycles. The van der Waals surface area contributed by atoms with E-state index in [0.717, 1.165) is 18.2 Å². The van der Waals surface area contributed by atoms with Gasteiger partial charge in [0.15, 0.2) is 0 Å². The number of carbonyl (C=O) groups excluding carboxylic acids is 1. The quantitative estimate of drug-likeness (QED) is 0.224. The summed E-state index contributed by atoms with van der Waals surface area (Å²) in [6.07, 6.45) is 0.495. The Kier molecular flexibility index (Phi) is 9.65. The van der Waals surface area contributed by atoms with E-state index < -0.39 is 35.9 Å². The summed E-state index contributed by atoms with van der Waals surface area (Å²) in [5.74, 6) is -0.636. The second kappa shape index (κ2) is 11.4. The molecule has 0 atom stereocenters. The van der Waals surface area contributed by atoms with Crippen molar-refractivity contribution in [2.45, 2.75) is 33.2 Å². The van der Waals surface area contributed by atoms with Gasteiger partial charge in [-0.05, 0) is 27.2 Å². The van der Waals surface area contributed by atoms with Crippen LogP contribution in [0, 0.1) is 20.2 Å². The molecule has 12 heteroatoms. The van der Waals surface area contributed by atoms with Crippen molar-refractivity contribution in [1.82, 2.24) is 5.32 Å². The lowest BCUT2D eigenvalue weighted by Gasteiger charge is -2.28. The van der Waals surface area contributed by atoms with E-state index in [9.17, 15) is 25.0 Å². The summed E-state index contributed by atoms with van der Waals surface area (Å²) in [7, 11) is -2.82. The fourth-order valence-electron chi connectivity index (χ4n) is 2.55. The number of nitro benzene ring substituents is 2. The molecule has 1 aromatic rings. The van der Waals surface area contributed by atoms with Crippen molar-refractivity contribution in [3.8, 4) is 0 Å². The number of nitrogens with zero attached hydrogens (tertiary/aromatic N) is 2. The van der Waals surface area contributed by atoms with Crippen molar-refractivity contribution in [3.05, 3.63) is 44.0 Å². The summed E-state index contributed by atoms with van der Waals surface area (Å²) in [6.45, 7) is 7.09. The minimum Gasteiger partial charge on any atom is -0.374 e. The van der Waals surface area contributed by atoms with Crippen molar-refractivity contribution >= 4 is 26.1 Å². The first-order valence-electron chi connectivity index (χ1n) is 8.92. The first-order chi connectivity index (χ1) is 13.3. The zero-order valence-corrected chi connectivity index (χ0v) is 17.1. The second-order valence-electron chi connectivity index (χ2n) is 5.59. The minimum absolute atomic E-state index is 0.149. The molecule has 11 nitrogen and oxygen atoms in total. The predicted molar refractivity (Wildman–Crippen MR) is 102 cm³/mol. The van der Waals surface area contributed by atoms with Crippen LogP contribution >= 0.6 is 0 Å². The van der Waals surface area contributed by atoms with Crippen LogP contribution < -0.4 is 5.32 Å². The van der Waals surface area contributed by atoms with Crippen LogP contribution in [-0.4, -0.2) is 50.9 Å². The van der Waals surface area contributed by atoms with E-state index >= 15 is 0 Å². The van der Waals surface area contributed by atoms with Gasteiger partial charge in [-0.15, -0.1) is 0 Å². The molecular formula is C16H25N3O8Si. The molecule has 1 aromatic carbocycles. The van der Waals surface area contributed by atoms with Gasteiger partial charge >= 0.3 is 8.80 Å². The summed E-state index contributed by atoms with van der Waals surface area (Å²) in [5, 5.41) is 24.4. The van der Waals surface area contributed by atoms with Crippen LogP contribution in [-0.2, 0) is 13.3 Å². The fourth-order valence-corrected chi connectivity index (χ4v) is 5.16. The van der Waals surface area contributed by atoms with Crippen LogP contribution in [0.2, 0.25) is 6.04 Å². The normalized spacial score (nSPS) is 11.2. The zero-order chi connectivity index (χ0) is 21.2. The number of nitrogens with one attached hydrogen (secondary N) is 1. The lowest BCUT2D eigenvalue weighted by molar-refractivity contribution is -0.394. The monoisotopic (exact) mass is 415 g/mol. The molecule has 0 spiro atoms. The van der Waals surface area contributed by atoms with E-state index in [1.54, 1.807) is 0 Å². The highest BCUT2D eigenvalue weighted by Gasteiger charge is 2.39. The fraction of sp³-hybridized carbons (Fsp3) is 0.562. The van der Waals surface area contributed by atoms with Crippen LogP contribution in [0.25, 0.3) is 0 Å². The molecule has 1 N–H and O–H groups in total. The predicted octanol–water partition coefficient (Wildman–Crippen LogP) is 2.67. The van der Waals surface area contributed by atoms with Crippen molar-refractivity contribution in [2.75, 3.05) is 26.4 Å². The van der Waals surface area contributed by atoms with Gasteiger partial charge in [-0.2, -0.15) is 0 Å². The number of non-ortho nitro benzene ring substituents is 2. The van der Waals surface area contributed by atoms with Crippen LogP contribution in [0.4, 0.5) is 11.4 Å². The molecule has 1 rings (SSSR count). The first-order valence-corrected chi connectivity index (χ1v) is 10.9. The van der Waals surface area contributed by atoms with Gasteiger partial charge in [-0.1, -0.05) is 0 Å². The number of nitro groups is 2. The maximum atomic E-state index is 12.3. The number of benzene rings is 1. The summed E-state index contributed by atoms with van der Waals surface area (Å²) in [5.41, 5.74) is -1.19. The van der Waals surface area contributed by atoms with Crippen molar-refractivity contribution in [2.24, 2.45) is 0 Å². The van der Waals surface area contributed by atoms with E-state index in [0.29, 0.717) is 32.3 Å². The van der Waals surface area contributed by atoms with Crippen LogP contribution in [0.5, 0.6) is 0 Å². The summed E-state index contributed by atoms with van der Waals surface area (Å²) in [4.78, 5) is 32.5. The van der Waals surface area contributed by atoms with Gasteiger partial charge in [0, 0.05) is 44.5 Å². The lowest BCUT2D eigenvalue weighted by Crippen LogP contribution is -2.46. The third kappa shape index (κ3) is 6.96. The number of carbonyl (C=O) groups is 1. The molecule has 0 aliphatic heterocycles. The Morgan fingerprint density at radius 2 is 1.43 bits per heavy atom. The van der Waals surface area contributed by atoms with Gasteiger partial charge in [0.25, 0.3) is 17.3 Å². The third-order valence-corrected chi connectivity index (χ3v) is 6.78. The Morgan fingerprint density at radius 3 is 1.82 bits per heavy atom. The number of rotatable bonds is 13.